The molecule has 1 saturated carbocycles. The standard InChI is InChI=1S/C14H19NO2/c16-14(12-5-1-2-6-12)11-17-10-8-13-7-3-4-9-15-13/h3-4,7,9,12H,1-2,5-6,8,10-11H2. The van der Waals surface area contributed by atoms with Crippen LogP contribution in [0, 0.1) is 5.92 Å². The quantitative estimate of drug-likeness (QED) is 0.708. The molecule has 1 aliphatic rings. The van der Waals surface area contributed by atoms with Gasteiger partial charge in [-0.2, -0.15) is 0 Å². The zero-order chi connectivity index (χ0) is 11.9. The number of ether oxygens (including phenoxy) is 1. The molecule has 0 atom stereocenters. The van der Waals surface area contributed by atoms with E-state index in [1.807, 2.05) is 18.2 Å². The van der Waals surface area contributed by atoms with E-state index >= 15 is 0 Å². The van der Waals surface area contributed by atoms with E-state index in [2.05, 4.69) is 4.98 Å². The zero-order valence-corrected chi connectivity index (χ0v) is 10.1. The lowest BCUT2D eigenvalue weighted by Gasteiger charge is -2.08. The summed E-state index contributed by atoms with van der Waals surface area (Å²) in [4.78, 5) is 15.9. The molecule has 1 aromatic rings. The van der Waals surface area contributed by atoms with Crippen LogP contribution in [-0.4, -0.2) is 24.0 Å². The summed E-state index contributed by atoms with van der Waals surface area (Å²) in [7, 11) is 0. The number of carbonyl (C=O) groups is 1. The number of Topliss-reactive ketones (excluding diaryl/α,β-unsaturated/α-hetero) is 1. The lowest BCUT2D eigenvalue weighted by molar-refractivity contribution is -0.127. The van der Waals surface area contributed by atoms with Gasteiger partial charge in [-0.25, -0.2) is 0 Å². The molecular weight excluding hydrogens is 214 g/mol. The number of aromatic nitrogens is 1. The van der Waals surface area contributed by atoms with Crippen LogP contribution in [0.3, 0.4) is 0 Å². The highest BCUT2D eigenvalue weighted by atomic mass is 16.5. The summed E-state index contributed by atoms with van der Waals surface area (Å²) in [5.74, 6) is 0.549. The Bertz CT molecular complexity index is 344. The van der Waals surface area contributed by atoms with E-state index in [1.165, 1.54) is 12.8 Å². The minimum Gasteiger partial charge on any atom is -0.373 e. The molecule has 0 N–H and O–H groups in total. The first-order chi connectivity index (χ1) is 8.36. The topological polar surface area (TPSA) is 39.2 Å². The fourth-order valence-electron chi connectivity index (χ4n) is 2.26. The largest absolute Gasteiger partial charge is 0.373 e. The van der Waals surface area contributed by atoms with Crippen molar-refractivity contribution in [2.24, 2.45) is 5.92 Å². The highest BCUT2D eigenvalue weighted by Gasteiger charge is 2.22. The smallest absolute Gasteiger partial charge is 0.161 e. The molecule has 1 aliphatic carbocycles. The van der Waals surface area contributed by atoms with Crippen LogP contribution >= 0.6 is 0 Å². The Morgan fingerprint density at radius 3 is 2.88 bits per heavy atom. The van der Waals surface area contributed by atoms with Crippen molar-refractivity contribution in [2.75, 3.05) is 13.2 Å². The molecule has 17 heavy (non-hydrogen) atoms. The Hall–Kier alpha value is -1.22. The molecule has 1 aromatic heterocycles. The minimum absolute atomic E-state index is 0.268. The molecule has 0 spiro atoms. The number of carbonyl (C=O) groups excluding carboxylic acids is 1. The summed E-state index contributed by atoms with van der Waals surface area (Å²) >= 11 is 0. The summed E-state index contributed by atoms with van der Waals surface area (Å²) < 4.78 is 5.42. The number of nitrogens with zero attached hydrogens (tertiary/aromatic N) is 1. The van der Waals surface area contributed by atoms with E-state index in [0.29, 0.717) is 6.61 Å². The maximum absolute atomic E-state index is 11.7. The lowest BCUT2D eigenvalue weighted by Crippen LogP contribution is -2.18. The number of pyridine rings is 1. The van der Waals surface area contributed by atoms with Crippen LogP contribution in [0.5, 0.6) is 0 Å². The Morgan fingerprint density at radius 2 is 2.18 bits per heavy atom. The van der Waals surface area contributed by atoms with Gasteiger partial charge in [0, 0.05) is 24.2 Å². The van der Waals surface area contributed by atoms with Crippen LogP contribution in [0.25, 0.3) is 0 Å². The molecule has 0 aliphatic heterocycles. The van der Waals surface area contributed by atoms with Crippen molar-refractivity contribution in [2.45, 2.75) is 32.1 Å². The van der Waals surface area contributed by atoms with Gasteiger partial charge in [-0.3, -0.25) is 9.78 Å². The van der Waals surface area contributed by atoms with Gasteiger partial charge in [-0.05, 0) is 25.0 Å². The van der Waals surface area contributed by atoms with Crippen molar-refractivity contribution >= 4 is 5.78 Å². The average Bonchev–Trinajstić information content (AvgIpc) is 2.89. The van der Waals surface area contributed by atoms with Crippen molar-refractivity contribution in [3.05, 3.63) is 30.1 Å². The number of hydrogen-bond donors (Lipinski definition) is 0. The average molecular weight is 233 g/mol. The summed E-state index contributed by atoms with van der Waals surface area (Å²) in [6, 6.07) is 5.84. The minimum atomic E-state index is 0.268. The fourth-order valence-corrected chi connectivity index (χ4v) is 2.26. The Labute approximate surface area is 102 Å². The molecule has 1 heterocycles. The van der Waals surface area contributed by atoms with Gasteiger partial charge in [0.2, 0.25) is 0 Å². The zero-order valence-electron chi connectivity index (χ0n) is 10.1. The lowest BCUT2D eigenvalue weighted by atomic mass is 10.0. The highest BCUT2D eigenvalue weighted by Crippen LogP contribution is 2.25. The first-order valence-corrected chi connectivity index (χ1v) is 6.36. The van der Waals surface area contributed by atoms with Crippen molar-refractivity contribution in [1.29, 1.82) is 0 Å². The molecule has 0 amide bonds. The van der Waals surface area contributed by atoms with E-state index < -0.39 is 0 Å². The molecule has 0 aromatic carbocycles. The Morgan fingerprint density at radius 1 is 1.35 bits per heavy atom. The van der Waals surface area contributed by atoms with E-state index in [4.69, 9.17) is 4.74 Å². The van der Waals surface area contributed by atoms with Crippen molar-refractivity contribution in [3.8, 4) is 0 Å². The number of ketones is 1. The Balaban J connectivity index is 1.61. The molecule has 0 saturated heterocycles. The van der Waals surface area contributed by atoms with Gasteiger partial charge in [0.25, 0.3) is 0 Å². The van der Waals surface area contributed by atoms with Gasteiger partial charge in [0.05, 0.1) is 6.61 Å². The van der Waals surface area contributed by atoms with E-state index in [1.54, 1.807) is 6.20 Å². The van der Waals surface area contributed by atoms with Gasteiger partial charge >= 0.3 is 0 Å². The first kappa shape index (κ1) is 12.2. The van der Waals surface area contributed by atoms with Crippen LogP contribution in [0.2, 0.25) is 0 Å². The first-order valence-electron chi connectivity index (χ1n) is 6.36. The second kappa shape index (κ2) is 6.50. The van der Waals surface area contributed by atoms with Crippen molar-refractivity contribution < 1.29 is 9.53 Å². The number of rotatable bonds is 6. The van der Waals surface area contributed by atoms with Crippen LogP contribution in [-0.2, 0) is 16.0 Å². The summed E-state index contributed by atoms with van der Waals surface area (Å²) in [5, 5.41) is 0. The summed E-state index contributed by atoms with van der Waals surface area (Å²) in [6.07, 6.45) is 7.07. The third kappa shape index (κ3) is 3.93. The number of hydrogen-bond acceptors (Lipinski definition) is 3. The summed E-state index contributed by atoms with van der Waals surface area (Å²) in [5.41, 5.74) is 1.01. The van der Waals surface area contributed by atoms with Crippen molar-refractivity contribution in [1.82, 2.24) is 4.98 Å². The third-order valence-electron chi connectivity index (χ3n) is 3.28. The van der Waals surface area contributed by atoms with Gasteiger partial charge in [-0.1, -0.05) is 18.9 Å². The Kier molecular flexibility index (Phi) is 4.68. The SMILES string of the molecule is O=C(COCCc1ccccn1)C1CCCC1. The maximum atomic E-state index is 11.7. The fraction of sp³-hybridized carbons (Fsp3) is 0.571. The molecule has 2 rings (SSSR count). The van der Waals surface area contributed by atoms with Crippen LogP contribution < -0.4 is 0 Å². The van der Waals surface area contributed by atoms with Crippen LogP contribution in [0.1, 0.15) is 31.4 Å². The molecule has 0 unspecified atom stereocenters. The van der Waals surface area contributed by atoms with Gasteiger partial charge in [0.15, 0.2) is 5.78 Å². The maximum Gasteiger partial charge on any atom is 0.161 e. The van der Waals surface area contributed by atoms with Crippen molar-refractivity contribution in [3.63, 3.8) is 0 Å². The molecule has 92 valence electrons. The molecule has 0 bridgehead atoms. The second-order valence-corrected chi connectivity index (χ2v) is 4.57. The third-order valence-corrected chi connectivity index (χ3v) is 3.28. The van der Waals surface area contributed by atoms with Crippen LogP contribution in [0.15, 0.2) is 24.4 Å². The predicted molar refractivity (Wildman–Crippen MR) is 65.7 cm³/mol. The molecule has 1 fully saturated rings. The van der Waals surface area contributed by atoms with Gasteiger partial charge in [0.1, 0.15) is 6.61 Å². The molecule has 3 nitrogen and oxygen atoms in total. The predicted octanol–water partition coefficient (Wildman–Crippen LogP) is 2.40. The second-order valence-electron chi connectivity index (χ2n) is 4.57. The highest BCUT2D eigenvalue weighted by molar-refractivity contribution is 5.82. The van der Waals surface area contributed by atoms with Crippen LogP contribution in [0.4, 0.5) is 0 Å². The normalized spacial score (nSPS) is 16.2. The molecule has 3 heteroatoms. The van der Waals surface area contributed by atoms with E-state index in [0.717, 1.165) is 25.0 Å². The summed E-state index contributed by atoms with van der Waals surface area (Å²) in [6.45, 7) is 0.854. The molecular formula is C14H19NO2. The van der Waals surface area contributed by atoms with Gasteiger partial charge in [-0.15, -0.1) is 0 Å². The van der Waals surface area contributed by atoms with E-state index in [-0.39, 0.29) is 18.3 Å². The molecule has 0 radical (unpaired) electrons. The van der Waals surface area contributed by atoms with Gasteiger partial charge < -0.3 is 4.74 Å². The van der Waals surface area contributed by atoms with E-state index in [9.17, 15) is 4.79 Å². The monoisotopic (exact) mass is 233 g/mol.